The number of pyridine rings is 1. The maximum atomic E-state index is 13.2. The van der Waals surface area contributed by atoms with Gasteiger partial charge in [-0.3, -0.25) is 19.8 Å². The molecule has 2 atom stereocenters. The number of amides is 2. The van der Waals surface area contributed by atoms with Crippen molar-refractivity contribution in [3.05, 3.63) is 71.4 Å². The van der Waals surface area contributed by atoms with Gasteiger partial charge in [-0.2, -0.15) is 0 Å². The Morgan fingerprint density at radius 3 is 2.64 bits per heavy atom. The molecule has 4 rings (SSSR count). The second-order valence-electron chi connectivity index (χ2n) is 8.88. The summed E-state index contributed by atoms with van der Waals surface area (Å²) < 4.78 is 24.9. The van der Waals surface area contributed by atoms with Gasteiger partial charge < -0.3 is 11.1 Å². The van der Waals surface area contributed by atoms with Crippen LogP contribution in [0.1, 0.15) is 36.1 Å². The standard InChI is InChI=1S/C25H28N4O5S2/c26-20(14-17-8-11-27-12-9-17)24(31)28-19-5-3-4-18(15-19)21-6-7-22(35-21)25(16-23(30)29-32)10-1-2-13-36(25,33)34/h3-9,11-12,15,20,32H,1-2,10,13-14,16,26H2,(H,28,31)(H,29,30)/t20-,25-/m0/s1. The van der Waals surface area contributed by atoms with Crippen molar-refractivity contribution in [1.82, 2.24) is 10.5 Å². The molecule has 1 saturated heterocycles. The zero-order valence-corrected chi connectivity index (χ0v) is 21.1. The number of carbonyl (C=O) groups is 2. The fourth-order valence-electron chi connectivity index (χ4n) is 4.50. The second kappa shape index (κ2) is 10.9. The maximum absolute atomic E-state index is 13.2. The largest absolute Gasteiger partial charge is 0.325 e. The molecule has 2 aromatic heterocycles. The van der Waals surface area contributed by atoms with Crippen molar-refractivity contribution < 1.29 is 23.2 Å². The number of hydrogen-bond donors (Lipinski definition) is 4. The predicted octanol–water partition coefficient (Wildman–Crippen LogP) is 3.01. The summed E-state index contributed by atoms with van der Waals surface area (Å²) >= 11 is 1.30. The Morgan fingerprint density at radius 2 is 1.92 bits per heavy atom. The van der Waals surface area contributed by atoms with E-state index in [-0.39, 0.29) is 18.1 Å². The number of benzene rings is 1. The molecule has 2 amide bonds. The zero-order valence-electron chi connectivity index (χ0n) is 19.5. The molecule has 36 heavy (non-hydrogen) atoms. The van der Waals surface area contributed by atoms with Crippen LogP contribution in [-0.4, -0.2) is 42.2 Å². The highest BCUT2D eigenvalue weighted by Gasteiger charge is 2.49. The van der Waals surface area contributed by atoms with Crippen LogP contribution in [0.4, 0.5) is 5.69 Å². The van der Waals surface area contributed by atoms with Gasteiger partial charge in [0.2, 0.25) is 11.8 Å². The number of carbonyl (C=O) groups excluding carboxylic acids is 2. The number of hydrogen-bond acceptors (Lipinski definition) is 8. The minimum absolute atomic E-state index is 0.000206. The Bertz CT molecular complexity index is 1340. The normalized spacial score (nSPS) is 19.8. The zero-order chi connectivity index (χ0) is 25.8. The highest BCUT2D eigenvalue weighted by molar-refractivity contribution is 7.92. The molecule has 1 aliphatic heterocycles. The summed E-state index contributed by atoms with van der Waals surface area (Å²) in [6, 6.07) is 13.7. The molecule has 3 aromatic rings. The van der Waals surface area contributed by atoms with Crippen molar-refractivity contribution in [1.29, 1.82) is 0 Å². The van der Waals surface area contributed by atoms with E-state index in [1.54, 1.807) is 42.1 Å². The Hall–Kier alpha value is -3.12. The quantitative estimate of drug-likeness (QED) is 0.259. The molecule has 0 unspecified atom stereocenters. The number of sulfone groups is 1. The predicted molar refractivity (Wildman–Crippen MR) is 138 cm³/mol. The summed E-state index contributed by atoms with van der Waals surface area (Å²) in [5.74, 6) is -1.05. The van der Waals surface area contributed by atoms with E-state index in [1.165, 1.54) is 11.3 Å². The first-order chi connectivity index (χ1) is 17.2. The molecule has 9 nitrogen and oxygen atoms in total. The second-order valence-corrected chi connectivity index (χ2v) is 12.4. The first-order valence-corrected chi connectivity index (χ1v) is 14.0. The van der Waals surface area contributed by atoms with Crippen molar-refractivity contribution in [3.8, 4) is 10.4 Å². The number of nitrogens with zero attached hydrogens (tertiary/aromatic N) is 1. The molecule has 3 heterocycles. The third kappa shape index (κ3) is 5.49. The van der Waals surface area contributed by atoms with Crippen LogP contribution in [0, 0.1) is 0 Å². The monoisotopic (exact) mass is 528 g/mol. The van der Waals surface area contributed by atoms with E-state index in [2.05, 4.69) is 10.3 Å². The van der Waals surface area contributed by atoms with Crippen LogP contribution in [0.5, 0.6) is 0 Å². The molecular formula is C25H28N4O5S2. The number of aromatic nitrogens is 1. The molecule has 0 saturated carbocycles. The van der Waals surface area contributed by atoms with Crippen LogP contribution in [0.25, 0.3) is 10.4 Å². The van der Waals surface area contributed by atoms with E-state index in [1.807, 2.05) is 24.3 Å². The van der Waals surface area contributed by atoms with Gasteiger partial charge in [-0.15, -0.1) is 11.3 Å². The van der Waals surface area contributed by atoms with E-state index in [9.17, 15) is 18.0 Å². The molecule has 11 heteroatoms. The number of rotatable bonds is 8. The molecule has 1 fully saturated rings. The molecule has 0 spiro atoms. The van der Waals surface area contributed by atoms with Crippen LogP contribution in [0.3, 0.4) is 0 Å². The van der Waals surface area contributed by atoms with Gasteiger partial charge >= 0.3 is 0 Å². The Morgan fingerprint density at radius 1 is 1.14 bits per heavy atom. The minimum atomic E-state index is -3.61. The number of nitrogens with two attached hydrogens (primary N) is 1. The Labute approximate surface area is 213 Å². The van der Waals surface area contributed by atoms with E-state index in [4.69, 9.17) is 10.9 Å². The fraction of sp³-hybridized carbons (Fsp3) is 0.320. The van der Waals surface area contributed by atoms with Gasteiger partial charge in [0.05, 0.1) is 18.2 Å². The third-order valence-electron chi connectivity index (χ3n) is 6.42. The lowest BCUT2D eigenvalue weighted by molar-refractivity contribution is -0.130. The van der Waals surface area contributed by atoms with Gasteiger partial charge in [0.25, 0.3) is 0 Å². The Kier molecular flexibility index (Phi) is 7.84. The van der Waals surface area contributed by atoms with Gasteiger partial charge in [-0.05, 0) is 66.8 Å². The maximum Gasteiger partial charge on any atom is 0.245 e. The molecule has 0 radical (unpaired) electrons. The molecule has 0 bridgehead atoms. The average molecular weight is 529 g/mol. The molecule has 5 N–H and O–H groups in total. The van der Waals surface area contributed by atoms with Crippen molar-refractivity contribution in [2.75, 3.05) is 11.1 Å². The smallest absolute Gasteiger partial charge is 0.245 e. The van der Waals surface area contributed by atoms with Crippen molar-refractivity contribution in [2.24, 2.45) is 5.73 Å². The van der Waals surface area contributed by atoms with E-state index in [0.717, 1.165) is 16.0 Å². The summed E-state index contributed by atoms with van der Waals surface area (Å²) in [6.07, 6.45) is 4.88. The number of anilines is 1. The van der Waals surface area contributed by atoms with Crippen LogP contribution < -0.4 is 16.5 Å². The summed E-state index contributed by atoms with van der Waals surface area (Å²) in [4.78, 5) is 30.0. The number of thiophene rings is 1. The van der Waals surface area contributed by atoms with Gasteiger partial charge in [0.15, 0.2) is 9.84 Å². The van der Waals surface area contributed by atoms with Crippen molar-refractivity contribution in [3.63, 3.8) is 0 Å². The van der Waals surface area contributed by atoms with Gasteiger partial charge in [-0.25, -0.2) is 13.9 Å². The molecule has 190 valence electrons. The third-order valence-corrected chi connectivity index (χ3v) is 10.5. The average Bonchev–Trinajstić information content (AvgIpc) is 3.37. The van der Waals surface area contributed by atoms with Gasteiger partial charge in [0.1, 0.15) is 4.75 Å². The van der Waals surface area contributed by atoms with Crippen molar-refractivity contribution in [2.45, 2.75) is 42.9 Å². The van der Waals surface area contributed by atoms with E-state index < -0.39 is 26.5 Å². The van der Waals surface area contributed by atoms with Crippen LogP contribution >= 0.6 is 11.3 Å². The lowest BCUT2D eigenvalue weighted by Crippen LogP contribution is -2.43. The highest BCUT2D eigenvalue weighted by atomic mass is 32.2. The Balaban J connectivity index is 1.55. The van der Waals surface area contributed by atoms with Crippen molar-refractivity contribution >= 4 is 38.7 Å². The van der Waals surface area contributed by atoms with Gasteiger partial charge in [0, 0.05) is 27.8 Å². The van der Waals surface area contributed by atoms with Crippen LogP contribution in [0.2, 0.25) is 0 Å². The van der Waals surface area contributed by atoms with E-state index in [0.29, 0.717) is 36.2 Å². The summed E-state index contributed by atoms with van der Waals surface area (Å²) in [5.41, 5.74) is 9.94. The number of nitrogens with one attached hydrogen (secondary N) is 2. The first kappa shape index (κ1) is 26.0. The SMILES string of the molecule is N[C@@H](Cc1ccncc1)C(=O)Nc1cccc(-c2ccc([C@@]3(CC(=O)NO)CCCCS3(=O)=O)s2)c1. The summed E-state index contributed by atoms with van der Waals surface area (Å²) in [5, 5.41) is 11.9. The lowest BCUT2D eigenvalue weighted by Gasteiger charge is -2.35. The van der Waals surface area contributed by atoms with E-state index >= 15 is 0 Å². The molecule has 1 aromatic carbocycles. The van der Waals surface area contributed by atoms with Crippen LogP contribution in [0.15, 0.2) is 60.9 Å². The minimum Gasteiger partial charge on any atom is -0.325 e. The van der Waals surface area contributed by atoms with Gasteiger partial charge in [-0.1, -0.05) is 18.6 Å². The fourth-order valence-corrected chi connectivity index (χ4v) is 8.28. The van der Waals surface area contributed by atoms with Crippen LogP contribution in [-0.2, 0) is 30.6 Å². The molecular weight excluding hydrogens is 500 g/mol. The molecule has 0 aliphatic carbocycles. The first-order valence-electron chi connectivity index (χ1n) is 11.6. The topological polar surface area (TPSA) is 151 Å². The summed E-state index contributed by atoms with van der Waals surface area (Å²) in [6.45, 7) is 0. The lowest BCUT2D eigenvalue weighted by atomic mass is 9.94. The number of hydroxylamine groups is 1. The molecule has 1 aliphatic rings. The summed E-state index contributed by atoms with van der Waals surface area (Å²) in [7, 11) is -3.61. The highest BCUT2D eigenvalue weighted by Crippen LogP contribution is 2.47.